The lowest BCUT2D eigenvalue weighted by molar-refractivity contribution is -0.324. The smallest absolute Gasteiger partial charge is 0.470 e. The molecule has 2 aromatic rings. The summed E-state index contributed by atoms with van der Waals surface area (Å²) in [5.74, 6) is -4.26. The summed E-state index contributed by atoms with van der Waals surface area (Å²) in [7, 11) is -5.64. The Balaban J connectivity index is 1.45. The van der Waals surface area contributed by atoms with Gasteiger partial charge in [-0.05, 0) is 0 Å². The highest BCUT2D eigenvalue weighted by atomic mass is 31.2. The minimum absolute atomic E-state index is 0.0418. The van der Waals surface area contributed by atoms with Crippen molar-refractivity contribution in [1.29, 1.82) is 0 Å². The fourth-order valence-corrected chi connectivity index (χ4v) is 5.49. The van der Waals surface area contributed by atoms with E-state index in [4.69, 9.17) is 39.6 Å². The van der Waals surface area contributed by atoms with Crippen molar-refractivity contribution in [2.45, 2.75) is 79.7 Å². The number of rotatable bonds is 14. The molecular weight excluding hydrogens is 669 g/mol. The number of aliphatic hydroxyl groups excluding tert-OH is 7. The molecule has 4 unspecified atom stereocenters. The molecule has 0 amide bonds. The predicted octanol–water partition coefficient (Wildman–Crippen LogP) is -6.39. The van der Waals surface area contributed by atoms with E-state index in [1.54, 1.807) is 0 Å². The van der Waals surface area contributed by atoms with Crippen molar-refractivity contribution < 1.29 is 93.4 Å². The van der Waals surface area contributed by atoms with Gasteiger partial charge in [0.05, 0.1) is 19.5 Å². The molecular formula is C22H32N5O19P. The van der Waals surface area contributed by atoms with Crippen molar-refractivity contribution in [3.8, 4) is 0 Å². The third kappa shape index (κ3) is 7.83. The zero-order valence-electron chi connectivity index (χ0n) is 23.6. The number of phosphoric acid groups is 1. The van der Waals surface area contributed by atoms with Gasteiger partial charge in [-0.15, -0.1) is 0 Å². The van der Waals surface area contributed by atoms with Gasteiger partial charge in [-0.3, -0.25) is 9.09 Å². The normalized spacial score (nSPS) is 32.6. The van der Waals surface area contributed by atoms with Crippen molar-refractivity contribution >= 4 is 36.7 Å². The van der Waals surface area contributed by atoms with E-state index >= 15 is 0 Å². The van der Waals surface area contributed by atoms with Crippen molar-refractivity contribution in [2.24, 2.45) is 0 Å². The lowest BCUT2D eigenvalue weighted by atomic mass is 9.98. The number of fused-ring (bicyclic) bond motifs is 1. The monoisotopic (exact) mass is 701 g/mol. The number of carboxylic acids is 2. The van der Waals surface area contributed by atoms with Gasteiger partial charge in [0, 0.05) is 0 Å². The minimum atomic E-state index is -5.64. The van der Waals surface area contributed by atoms with E-state index in [-0.39, 0.29) is 17.0 Å². The van der Waals surface area contributed by atoms with Crippen LogP contribution in [0.4, 0.5) is 5.82 Å². The number of hydrogen-bond donors (Lipinski definition) is 12. The molecule has 4 rings (SSSR count). The van der Waals surface area contributed by atoms with Gasteiger partial charge in [0.15, 0.2) is 36.2 Å². The molecule has 47 heavy (non-hydrogen) atoms. The van der Waals surface area contributed by atoms with Crippen LogP contribution in [0.1, 0.15) is 6.23 Å². The van der Waals surface area contributed by atoms with Gasteiger partial charge >= 0.3 is 19.8 Å². The largest absolute Gasteiger partial charge is 0.479 e. The highest BCUT2D eigenvalue weighted by Gasteiger charge is 2.51. The van der Waals surface area contributed by atoms with Gasteiger partial charge < -0.3 is 80.4 Å². The molecule has 13 atom stereocenters. The van der Waals surface area contributed by atoms with Gasteiger partial charge in [0.1, 0.15) is 66.8 Å². The fraction of sp³-hybridized carbons (Fsp3) is 0.682. The maximum absolute atomic E-state index is 11.9. The first-order valence-electron chi connectivity index (χ1n) is 13.4. The van der Waals surface area contributed by atoms with Gasteiger partial charge in [-0.2, -0.15) is 0 Å². The molecule has 0 bridgehead atoms. The Morgan fingerprint density at radius 3 is 2.26 bits per heavy atom. The molecule has 2 saturated heterocycles. The summed E-state index contributed by atoms with van der Waals surface area (Å²) in [4.78, 5) is 53.1. The van der Waals surface area contributed by atoms with Gasteiger partial charge in [-0.25, -0.2) is 29.1 Å². The molecule has 0 saturated carbocycles. The average molecular weight is 701 g/mol. The Bertz CT molecular complexity index is 1460. The highest BCUT2D eigenvalue weighted by Crippen LogP contribution is 2.40. The van der Waals surface area contributed by atoms with Crippen molar-refractivity contribution in [2.75, 3.05) is 18.9 Å². The third-order valence-corrected chi connectivity index (χ3v) is 7.78. The molecule has 0 aromatic carbocycles. The van der Waals surface area contributed by atoms with E-state index in [0.29, 0.717) is 0 Å². The number of phosphoric ester groups is 1. The van der Waals surface area contributed by atoms with E-state index in [2.05, 4.69) is 19.5 Å². The number of carbonyl (C=O) groups is 2. The number of nitrogen functional groups attached to an aromatic ring is 1. The number of anilines is 1. The first kappa shape index (κ1) is 36.8. The average Bonchev–Trinajstić information content (AvgIpc) is 3.55. The van der Waals surface area contributed by atoms with E-state index in [1.165, 1.54) is 10.9 Å². The van der Waals surface area contributed by atoms with Crippen LogP contribution in [0, 0.1) is 0 Å². The van der Waals surface area contributed by atoms with Crippen LogP contribution in [0.15, 0.2) is 12.7 Å². The summed E-state index contributed by atoms with van der Waals surface area (Å²) in [6.07, 6.45) is -24.3. The Labute approximate surface area is 261 Å². The molecule has 2 aromatic heterocycles. The van der Waals surface area contributed by atoms with Gasteiger partial charge in [0.25, 0.3) is 0 Å². The summed E-state index contributed by atoms with van der Waals surface area (Å²) in [6.45, 7) is -1.57. The molecule has 2 aliphatic rings. The van der Waals surface area contributed by atoms with Crippen LogP contribution in [-0.2, 0) is 37.6 Å². The molecule has 2 aliphatic heterocycles. The molecule has 0 spiro atoms. The van der Waals surface area contributed by atoms with Crippen LogP contribution in [0.25, 0.3) is 11.2 Å². The number of carboxylic acid groups (broad SMARTS) is 2. The number of nitrogens with zero attached hydrogens (tertiary/aromatic N) is 4. The number of aliphatic carboxylic acids is 2. The number of nitrogens with two attached hydrogens (primary N) is 1. The minimum Gasteiger partial charge on any atom is -0.479 e. The van der Waals surface area contributed by atoms with E-state index in [1.807, 2.05) is 0 Å². The topological polar surface area (TPSA) is 390 Å². The summed E-state index contributed by atoms with van der Waals surface area (Å²) >= 11 is 0. The second-order valence-electron chi connectivity index (χ2n) is 10.4. The zero-order valence-corrected chi connectivity index (χ0v) is 24.5. The highest BCUT2D eigenvalue weighted by molar-refractivity contribution is 7.46. The number of aromatic nitrogens is 4. The molecule has 0 aliphatic carbocycles. The van der Waals surface area contributed by atoms with E-state index in [9.17, 15) is 55.0 Å². The lowest BCUT2D eigenvalue weighted by Gasteiger charge is -2.43. The van der Waals surface area contributed by atoms with Crippen LogP contribution in [0.3, 0.4) is 0 Å². The third-order valence-electron chi connectivity index (χ3n) is 7.27. The van der Waals surface area contributed by atoms with Crippen LogP contribution in [0.5, 0.6) is 0 Å². The predicted molar refractivity (Wildman–Crippen MR) is 142 cm³/mol. The van der Waals surface area contributed by atoms with Crippen molar-refractivity contribution in [1.82, 2.24) is 19.5 Å². The molecule has 4 heterocycles. The Hall–Kier alpha value is -3.04. The molecule has 264 valence electrons. The second-order valence-corrected chi connectivity index (χ2v) is 11.6. The fourth-order valence-electron chi connectivity index (χ4n) is 4.94. The van der Waals surface area contributed by atoms with E-state index in [0.717, 1.165) is 6.33 Å². The lowest BCUT2D eigenvalue weighted by Crippen LogP contribution is -2.62. The maximum Gasteiger partial charge on any atom is 0.470 e. The number of hydrogen-bond acceptors (Lipinski definition) is 19. The van der Waals surface area contributed by atoms with E-state index < -0.39 is 113 Å². The number of imidazole rings is 1. The second kappa shape index (κ2) is 14.6. The SMILES string of the molecule is Nc1ncnc2c1ncn2[C@@H]1O[C@H](CO[C@H]2[C@H](O)[C@@H](O)[C@@H](OC(C(=O)O)C(O)C(OP(=O)(O)O)C(O)C(=O)O)O[C@@H]2CO)[C@@H](O)[C@H]1O. The summed E-state index contributed by atoms with van der Waals surface area (Å²) in [6, 6.07) is 0. The van der Waals surface area contributed by atoms with Crippen LogP contribution < -0.4 is 5.73 Å². The van der Waals surface area contributed by atoms with Crippen LogP contribution >= 0.6 is 7.82 Å². The Morgan fingerprint density at radius 1 is 0.979 bits per heavy atom. The maximum atomic E-state index is 11.9. The van der Waals surface area contributed by atoms with Crippen LogP contribution in [-0.4, -0.2) is 174 Å². The number of ether oxygens (including phenoxy) is 4. The molecule has 24 nitrogen and oxygen atoms in total. The van der Waals surface area contributed by atoms with Gasteiger partial charge in [-0.1, -0.05) is 0 Å². The van der Waals surface area contributed by atoms with Crippen molar-refractivity contribution in [3.05, 3.63) is 12.7 Å². The summed E-state index contributed by atoms with van der Waals surface area (Å²) < 4.78 is 38.2. The van der Waals surface area contributed by atoms with Crippen molar-refractivity contribution in [3.63, 3.8) is 0 Å². The summed E-state index contributed by atoms with van der Waals surface area (Å²) in [5, 5.41) is 91.3. The molecule has 25 heteroatoms. The summed E-state index contributed by atoms with van der Waals surface area (Å²) in [5.41, 5.74) is 6.13. The standard InChI is InChI=1S/C22H32N5O19P/c23-17-7-18(25-3-24-17)27(4-26-7)19-10(31)8(29)6(43-19)2-42-14-5(1-28)44-22(11(32)9(14)30)45-16(21(37)38)12(33)15(13(34)20(35)36)46-47(39,40)41/h3-6,8-16,19,22,28-34H,1-2H2,(H,35,36)(H,37,38)(H2,23,24,25)(H2,39,40,41)/t5-,6-,8-,9-,10-,11-,12?,13?,14-,15?,16?,19-,22-/m1/s1. The van der Waals surface area contributed by atoms with Gasteiger partial charge in [0.2, 0.25) is 0 Å². The quantitative estimate of drug-likeness (QED) is 0.0814. The van der Waals surface area contributed by atoms with Crippen LogP contribution in [0.2, 0.25) is 0 Å². The molecule has 2 fully saturated rings. The Kier molecular flexibility index (Phi) is 11.4. The number of aliphatic hydroxyl groups is 7. The first-order chi connectivity index (χ1) is 22.0. The molecule has 0 radical (unpaired) electrons. The Morgan fingerprint density at radius 2 is 1.66 bits per heavy atom. The zero-order chi connectivity index (χ0) is 35.0. The first-order valence-corrected chi connectivity index (χ1v) is 14.9. The molecule has 13 N–H and O–H groups in total.